The number of hydrogen-bond donors (Lipinski definition) is 1. The summed E-state index contributed by atoms with van der Waals surface area (Å²) in [5.74, 6) is -0.297. The van der Waals surface area contributed by atoms with Gasteiger partial charge in [0, 0.05) is 37.6 Å². The molecule has 2 aromatic rings. The van der Waals surface area contributed by atoms with Crippen LogP contribution < -0.4 is 11.0 Å². The fourth-order valence-corrected chi connectivity index (χ4v) is 3.61. The number of aryl methyl sites for hydroxylation is 1. The van der Waals surface area contributed by atoms with Gasteiger partial charge in [-0.25, -0.2) is 13.9 Å². The number of carbonyl (C=O) groups is 1. The van der Waals surface area contributed by atoms with Crippen molar-refractivity contribution in [2.24, 2.45) is 7.05 Å². The molecule has 2 aromatic heterocycles. The molecule has 1 aliphatic heterocycles. The minimum Gasteiger partial charge on any atom is -0.353 e. The van der Waals surface area contributed by atoms with E-state index in [2.05, 4.69) is 15.3 Å². The normalized spacial score (nSPS) is 21.2. The molecule has 9 heteroatoms. The molecule has 1 aliphatic rings. The van der Waals surface area contributed by atoms with Crippen molar-refractivity contribution in [3.63, 3.8) is 0 Å². The third kappa shape index (κ3) is 3.90. The van der Waals surface area contributed by atoms with Crippen LogP contribution in [0.4, 0.5) is 4.39 Å². The summed E-state index contributed by atoms with van der Waals surface area (Å²) in [5.41, 5.74) is -0.339. The highest BCUT2D eigenvalue weighted by Crippen LogP contribution is 2.23. The fourth-order valence-electron chi connectivity index (χ4n) is 2.88. The first-order valence-electron chi connectivity index (χ1n) is 7.78. The molecule has 0 radical (unpaired) electrons. The Morgan fingerprint density at radius 2 is 2.38 bits per heavy atom. The molecule has 0 bridgehead atoms. The number of halogens is 1. The highest BCUT2D eigenvalue weighted by atomic mass is 32.1. The third-order valence-corrected chi connectivity index (χ3v) is 4.99. The van der Waals surface area contributed by atoms with Crippen molar-refractivity contribution in [1.29, 1.82) is 0 Å². The Hall–Kier alpha value is -2.00. The van der Waals surface area contributed by atoms with Gasteiger partial charge in [-0.1, -0.05) is 6.07 Å². The van der Waals surface area contributed by atoms with Gasteiger partial charge in [0.2, 0.25) is 5.91 Å². The van der Waals surface area contributed by atoms with E-state index >= 15 is 0 Å². The minimum absolute atomic E-state index is 0.0356. The number of aromatic nitrogens is 3. The lowest BCUT2D eigenvalue weighted by Gasteiger charge is -2.23. The SMILES string of the molecule is Cn1cnn(CC(=O)NC[C@@H]2C[C@H](F)CN2Cc2cccs2)c1=O. The average Bonchev–Trinajstić information content (AvgIpc) is 3.24. The highest BCUT2D eigenvalue weighted by molar-refractivity contribution is 7.09. The lowest BCUT2D eigenvalue weighted by Crippen LogP contribution is -2.41. The summed E-state index contributed by atoms with van der Waals surface area (Å²) < 4.78 is 16.2. The second-order valence-corrected chi connectivity index (χ2v) is 7.01. The van der Waals surface area contributed by atoms with Gasteiger partial charge in [0.25, 0.3) is 0 Å². The molecule has 1 saturated heterocycles. The maximum absolute atomic E-state index is 13.8. The molecule has 1 amide bonds. The van der Waals surface area contributed by atoms with E-state index in [9.17, 15) is 14.0 Å². The summed E-state index contributed by atoms with van der Waals surface area (Å²) in [6.45, 7) is 1.32. The smallest absolute Gasteiger partial charge is 0.345 e. The molecule has 24 heavy (non-hydrogen) atoms. The van der Waals surface area contributed by atoms with Crippen molar-refractivity contribution in [2.45, 2.75) is 31.7 Å². The summed E-state index contributed by atoms with van der Waals surface area (Å²) in [4.78, 5) is 26.9. The Bertz CT molecular complexity index is 741. The number of hydrogen-bond acceptors (Lipinski definition) is 5. The number of nitrogens with zero attached hydrogens (tertiary/aromatic N) is 4. The van der Waals surface area contributed by atoms with Gasteiger partial charge in [0.05, 0.1) is 0 Å². The molecule has 130 valence electrons. The first kappa shape index (κ1) is 16.8. The van der Waals surface area contributed by atoms with Crippen LogP contribution in [0.2, 0.25) is 0 Å². The van der Waals surface area contributed by atoms with Crippen molar-refractivity contribution in [3.05, 3.63) is 39.2 Å². The molecule has 1 fully saturated rings. The number of alkyl halides is 1. The van der Waals surface area contributed by atoms with E-state index in [0.717, 1.165) is 4.68 Å². The van der Waals surface area contributed by atoms with E-state index < -0.39 is 6.17 Å². The number of amides is 1. The van der Waals surface area contributed by atoms with Crippen LogP contribution in [0.3, 0.4) is 0 Å². The number of thiophene rings is 1. The van der Waals surface area contributed by atoms with Gasteiger partial charge in [-0.3, -0.25) is 14.3 Å². The summed E-state index contributed by atoms with van der Waals surface area (Å²) in [6, 6.07) is 3.97. The topological polar surface area (TPSA) is 72.2 Å². The van der Waals surface area contributed by atoms with Crippen molar-refractivity contribution < 1.29 is 9.18 Å². The maximum atomic E-state index is 13.8. The largest absolute Gasteiger partial charge is 0.353 e. The highest BCUT2D eigenvalue weighted by Gasteiger charge is 2.32. The molecule has 0 spiro atoms. The van der Waals surface area contributed by atoms with Crippen LogP contribution in [0.5, 0.6) is 0 Å². The summed E-state index contributed by atoms with van der Waals surface area (Å²) in [5, 5.41) is 8.64. The first-order valence-corrected chi connectivity index (χ1v) is 8.66. The zero-order chi connectivity index (χ0) is 17.1. The average molecular weight is 353 g/mol. The molecular formula is C15H20FN5O2S. The monoisotopic (exact) mass is 353 g/mol. The van der Waals surface area contributed by atoms with Crippen molar-refractivity contribution >= 4 is 17.2 Å². The van der Waals surface area contributed by atoms with Crippen LogP contribution in [0.15, 0.2) is 28.6 Å². The predicted molar refractivity (Wildman–Crippen MR) is 88.5 cm³/mol. The number of carbonyl (C=O) groups excluding carboxylic acids is 1. The van der Waals surface area contributed by atoms with Gasteiger partial charge in [0.1, 0.15) is 19.0 Å². The van der Waals surface area contributed by atoms with E-state index in [1.807, 2.05) is 17.5 Å². The number of nitrogens with one attached hydrogen (secondary N) is 1. The lowest BCUT2D eigenvalue weighted by atomic mass is 10.2. The maximum Gasteiger partial charge on any atom is 0.345 e. The molecule has 0 unspecified atom stereocenters. The van der Waals surface area contributed by atoms with Gasteiger partial charge in [-0.2, -0.15) is 5.10 Å². The zero-order valence-electron chi connectivity index (χ0n) is 13.4. The molecule has 3 heterocycles. The molecular weight excluding hydrogens is 333 g/mol. The van der Waals surface area contributed by atoms with Gasteiger partial charge in [0.15, 0.2) is 0 Å². The summed E-state index contributed by atoms with van der Waals surface area (Å²) in [6.07, 6.45) is 0.906. The molecule has 0 saturated carbocycles. The second kappa shape index (κ2) is 7.27. The molecule has 2 atom stereocenters. The standard InChI is InChI=1S/C15H20FN5O2S/c1-19-10-18-21(15(19)23)9-14(22)17-6-12-5-11(16)7-20(12)8-13-3-2-4-24-13/h2-4,10-12H,5-9H2,1H3,(H,17,22)/t11-,12-/m0/s1. The molecule has 3 rings (SSSR count). The Kier molecular flexibility index (Phi) is 5.10. The predicted octanol–water partition coefficient (Wildman–Crippen LogP) is 0.372. The Morgan fingerprint density at radius 1 is 1.54 bits per heavy atom. The summed E-state index contributed by atoms with van der Waals surface area (Å²) in [7, 11) is 1.58. The molecule has 7 nitrogen and oxygen atoms in total. The fraction of sp³-hybridized carbons (Fsp3) is 0.533. The molecule has 0 aliphatic carbocycles. The lowest BCUT2D eigenvalue weighted by molar-refractivity contribution is -0.122. The Morgan fingerprint density at radius 3 is 3.04 bits per heavy atom. The molecule has 1 N–H and O–H groups in total. The Labute approximate surface area is 142 Å². The number of rotatable bonds is 6. The van der Waals surface area contributed by atoms with E-state index in [-0.39, 0.29) is 24.2 Å². The van der Waals surface area contributed by atoms with Crippen LogP contribution >= 0.6 is 11.3 Å². The minimum atomic E-state index is -0.870. The van der Waals surface area contributed by atoms with Crippen molar-refractivity contribution in [3.8, 4) is 0 Å². The van der Waals surface area contributed by atoms with Gasteiger partial charge in [-0.05, 0) is 17.9 Å². The van der Waals surface area contributed by atoms with Crippen molar-refractivity contribution in [1.82, 2.24) is 24.6 Å². The van der Waals surface area contributed by atoms with E-state index in [1.54, 1.807) is 18.4 Å². The van der Waals surface area contributed by atoms with Gasteiger partial charge >= 0.3 is 5.69 Å². The van der Waals surface area contributed by atoms with E-state index in [4.69, 9.17) is 0 Å². The van der Waals surface area contributed by atoms with E-state index in [1.165, 1.54) is 15.8 Å². The Balaban J connectivity index is 1.53. The van der Waals surface area contributed by atoms with Crippen LogP contribution in [-0.2, 0) is 24.9 Å². The number of likely N-dealkylation sites (tertiary alicyclic amines) is 1. The molecule has 0 aromatic carbocycles. The van der Waals surface area contributed by atoms with Crippen LogP contribution in [0.1, 0.15) is 11.3 Å². The van der Waals surface area contributed by atoms with Crippen LogP contribution in [-0.4, -0.2) is 50.5 Å². The summed E-state index contributed by atoms with van der Waals surface area (Å²) >= 11 is 1.64. The van der Waals surface area contributed by atoms with Crippen LogP contribution in [0, 0.1) is 0 Å². The van der Waals surface area contributed by atoms with Crippen LogP contribution in [0.25, 0.3) is 0 Å². The van der Waals surface area contributed by atoms with Gasteiger partial charge < -0.3 is 5.32 Å². The van der Waals surface area contributed by atoms with Gasteiger partial charge in [-0.15, -0.1) is 11.3 Å². The second-order valence-electron chi connectivity index (χ2n) is 5.98. The first-order chi connectivity index (χ1) is 11.5. The third-order valence-electron chi connectivity index (χ3n) is 4.13. The quantitative estimate of drug-likeness (QED) is 0.815. The zero-order valence-corrected chi connectivity index (χ0v) is 14.2. The van der Waals surface area contributed by atoms with Crippen molar-refractivity contribution in [2.75, 3.05) is 13.1 Å². The van der Waals surface area contributed by atoms with E-state index in [0.29, 0.717) is 26.1 Å².